The lowest BCUT2D eigenvalue weighted by Crippen LogP contribution is -2.28. The first-order valence-electron chi connectivity index (χ1n) is 8.81. The first-order valence-corrected chi connectivity index (χ1v) is 10.7. The van der Waals surface area contributed by atoms with Crippen molar-refractivity contribution in [2.45, 2.75) is 6.92 Å². The first-order chi connectivity index (χ1) is 13.3. The van der Waals surface area contributed by atoms with Crippen LogP contribution in [0.3, 0.4) is 0 Å². The monoisotopic (exact) mass is 398 g/mol. The van der Waals surface area contributed by atoms with Gasteiger partial charge in [0.05, 0.1) is 18.5 Å². The molecule has 0 radical (unpaired) electrons. The van der Waals surface area contributed by atoms with Gasteiger partial charge in [-0.2, -0.15) is 0 Å². The minimum Gasteiger partial charge on any atom is -0.491 e. The molecule has 0 aliphatic carbocycles. The Labute approximate surface area is 164 Å². The second kappa shape index (κ2) is 8.31. The normalized spacial score (nSPS) is 11.2. The van der Waals surface area contributed by atoms with Crippen LogP contribution < -0.4 is 14.8 Å². The molecule has 0 aromatic heterocycles. The SMILES string of the molecule is Cc1ccc(C(=O)NCCOc2cccc3ccccc23)cc1NS(C)(=O)=O. The van der Waals surface area contributed by atoms with Gasteiger partial charge in [-0.1, -0.05) is 42.5 Å². The van der Waals surface area contributed by atoms with Gasteiger partial charge < -0.3 is 10.1 Å². The zero-order chi connectivity index (χ0) is 20.1. The molecule has 0 aliphatic heterocycles. The number of benzene rings is 3. The van der Waals surface area contributed by atoms with Crippen LogP contribution in [0.25, 0.3) is 10.8 Å². The van der Waals surface area contributed by atoms with E-state index in [2.05, 4.69) is 10.0 Å². The third-order valence-electron chi connectivity index (χ3n) is 4.19. The molecule has 2 N–H and O–H groups in total. The number of carbonyl (C=O) groups excluding carboxylic acids is 1. The zero-order valence-corrected chi connectivity index (χ0v) is 16.5. The molecule has 0 spiro atoms. The molecule has 6 nitrogen and oxygen atoms in total. The van der Waals surface area contributed by atoms with Crippen molar-refractivity contribution in [1.82, 2.24) is 5.32 Å². The van der Waals surface area contributed by atoms with Crippen LogP contribution in [0.5, 0.6) is 5.75 Å². The van der Waals surface area contributed by atoms with Crippen molar-refractivity contribution in [3.63, 3.8) is 0 Å². The molecule has 0 saturated carbocycles. The molecular weight excluding hydrogens is 376 g/mol. The number of sulfonamides is 1. The maximum atomic E-state index is 12.4. The highest BCUT2D eigenvalue weighted by Gasteiger charge is 2.10. The van der Waals surface area contributed by atoms with Gasteiger partial charge in [-0.15, -0.1) is 0 Å². The van der Waals surface area contributed by atoms with Crippen LogP contribution in [-0.2, 0) is 10.0 Å². The highest BCUT2D eigenvalue weighted by atomic mass is 32.2. The quantitative estimate of drug-likeness (QED) is 0.598. The maximum absolute atomic E-state index is 12.4. The minimum atomic E-state index is -3.41. The average molecular weight is 398 g/mol. The number of carbonyl (C=O) groups is 1. The van der Waals surface area contributed by atoms with E-state index < -0.39 is 10.0 Å². The average Bonchev–Trinajstić information content (AvgIpc) is 2.66. The number of nitrogens with one attached hydrogen (secondary N) is 2. The molecule has 3 aromatic carbocycles. The van der Waals surface area contributed by atoms with Crippen molar-refractivity contribution in [3.8, 4) is 5.75 Å². The van der Waals surface area contributed by atoms with Gasteiger partial charge in [-0.05, 0) is 36.1 Å². The molecular formula is C21H22N2O4S. The topological polar surface area (TPSA) is 84.5 Å². The Hall–Kier alpha value is -3.06. The Balaban J connectivity index is 1.59. The van der Waals surface area contributed by atoms with Gasteiger partial charge in [0.15, 0.2) is 0 Å². The van der Waals surface area contributed by atoms with Crippen LogP contribution in [0.4, 0.5) is 5.69 Å². The van der Waals surface area contributed by atoms with Crippen molar-refractivity contribution >= 4 is 32.4 Å². The van der Waals surface area contributed by atoms with E-state index in [0.717, 1.165) is 28.3 Å². The summed E-state index contributed by atoms with van der Waals surface area (Å²) in [5.41, 5.74) is 1.50. The molecule has 0 fully saturated rings. The molecule has 0 atom stereocenters. The molecule has 7 heteroatoms. The number of hydrogen-bond acceptors (Lipinski definition) is 4. The second-order valence-electron chi connectivity index (χ2n) is 6.49. The number of aryl methyl sites for hydroxylation is 1. The lowest BCUT2D eigenvalue weighted by Gasteiger charge is -2.12. The minimum absolute atomic E-state index is 0.293. The Kier molecular flexibility index (Phi) is 5.84. The van der Waals surface area contributed by atoms with Crippen LogP contribution in [0.15, 0.2) is 60.7 Å². The lowest BCUT2D eigenvalue weighted by atomic mass is 10.1. The summed E-state index contributed by atoms with van der Waals surface area (Å²) in [6, 6.07) is 18.7. The summed E-state index contributed by atoms with van der Waals surface area (Å²) in [5.74, 6) is 0.473. The number of fused-ring (bicyclic) bond motifs is 1. The Morgan fingerprint density at radius 2 is 1.79 bits per heavy atom. The van der Waals surface area contributed by atoms with E-state index in [-0.39, 0.29) is 5.91 Å². The largest absolute Gasteiger partial charge is 0.491 e. The van der Waals surface area contributed by atoms with E-state index in [1.54, 1.807) is 19.1 Å². The van der Waals surface area contributed by atoms with Crippen LogP contribution in [0, 0.1) is 6.92 Å². The number of rotatable bonds is 7. The molecule has 0 heterocycles. The van der Waals surface area contributed by atoms with Crippen molar-refractivity contribution in [2.75, 3.05) is 24.1 Å². The van der Waals surface area contributed by atoms with Gasteiger partial charge in [-0.25, -0.2) is 8.42 Å². The Morgan fingerprint density at radius 3 is 2.57 bits per heavy atom. The predicted molar refractivity (Wildman–Crippen MR) is 111 cm³/mol. The van der Waals surface area contributed by atoms with Gasteiger partial charge in [-0.3, -0.25) is 9.52 Å². The van der Waals surface area contributed by atoms with Gasteiger partial charge >= 0.3 is 0 Å². The molecule has 3 aromatic rings. The smallest absolute Gasteiger partial charge is 0.251 e. The van der Waals surface area contributed by atoms with Crippen molar-refractivity contribution in [1.29, 1.82) is 0 Å². The van der Waals surface area contributed by atoms with E-state index in [1.807, 2.05) is 42.5 Å². The number of amides is 1. The summed E-state index contributed by atoms with van der Waals surface area (Å²) in [6.45, 7) is 2.41. The molecule has 0 unspecified atom stereocenters. The molecule has 1 amide bonds. The molecule has 3 rings (SSSR count). The predicted octanol–water partition coefficient (Wildman–Crippen LogP) is 3.33. The van der Waals surface area contributed by atoms with E-state index in [9.17, 15) is 13.2 Å². The maximum Gasteiger partial charge on any atom is 0.251 e. The fourth-order valence-corrected chi connectivity index (χ4v) is 3.44. The summed E-state index contributed by atoms with van der Waals surface area (Å²) in [7, 11) is -3.41. The third kappa shape index (κ3) is 5.01. The highest BCUT2D eigenvalue weighted by molar-refractivity contribution is 7.92. The highest BCUT2D eigenvalue weighted by Crippen LogP contribution is 2.25. The summed E-state index contributed by atoms with van der Waals surface area (Å²) in [6.07, 6.45) is 1.07. The number of ether oxygens (including phenoxy) is 1. The lowest BCUT2D eigenvalue weighted by molar-refractivity contribution is 0.0947. The van der Waals surface area contributed by atoms with Crippen LogP contribution in [0.2, 0.25) is 0 Å². The third-order valence-corrected chi connectivity index (χ3v) is 4.78. The Bertz CT molecular complexity index is 1110. The van der Waals surface area contributed by atoms with Gasteiger partial charge in [0.2, 0.25) is 10.0 Å². The molecule has 0 bridgehead atoms. The fourth-order valence-electron chi connectivity index (χ4n) is 2.82. The summed E-state index contributed by atoms with van der Waals surface area (Å²) in [5, 5.41) is 4.90. The van der Waals surface area contributed by atoms with Gasteiger partial charge in [0.25, 0.3) is 5.91 Å². The van der Waals surface area contributed by atoms with Crippen molar-refractivity contribution in [3.05, 3.63) is 71.8 Å². The number of anilines is 1. The molecule has 28 heavy (non-hydrogen) atoms. The molecule has 146 valence electrons. The summed E-state index contributed by atoms with van der Waals surface area (Å²) < 4.78 is 31.1. The number of hydrogen-bond donors (Lipinski definition) is 2. The Morgan fingerprint density at radius 1 is 1.04 bits per heavy atom. The van der Waals surface area contributed by atoms with Gasteiger partial charge in [0.1, 0.15) is 12.4 Å². The second-order valence-corrected chi connectivity index (χ2v) is 8.23. The van der Waals surface area contributed by atoms with E-state index in [4.69, 9.17) is 4.74 Å². The zero-order valence-electron chi connectivity index (χ0n) is 15.7. The van der Waals surface area contributed by atoms with Crippen LogP contribution in [-0.4, -0.2) is 33.7 Å². The van der Waals surface area contributed by atoms with Gasteiger partial charge in [0, 0.05) is 10.9 Å². The van der Waals surface area contributed by atoms with E-state index in [0.29, 0.717) is 24.4 Å². The van der Waals surface area contributed by atoms with E-state index >= 15 is 0 Å². The summed E-state index contributed by atoms with van der Waals surface area (Å²) in [4.78, 5) is 12.4. The van der Waals surface area contributed by atoms with Crippen molar-refractivity contribution < 1.29 is 17.9 Å². The molecule has 0 saturated heterocycles. The van der Waals surface area contributed by atoms with Crippen molar-refractivity contribution in [2.24, 2.45) is 0 Å². The first kappa shape index (κ1) is 19.7. The fraction of sp³-hybridized carbons (Fsp3) is 0.190. The van der Waals surface area contributed by atoms with E-state index in [1.165, 1.54) is 6.07 Å². The van der Waals surface area contributed by atoms with Crippen LogP contribution >= 0.6 is 0 Å². The van der Waals surface area contributed by atoms with Crippen LogP contribution in [0.1, 0.15) is 15.9 Å². The standard InChI is InChI=1S/C21H22N2O4S/c1-15-10-11-17(14-19(15)23-28(2,25)26)21(24)22-12-13-27-20-9-5-7-16-6-3-4-8-18(16)20/h3-11,14,23H,12-13H2,1-2H3,(H,22,24). The molecule has 0 aliphatic rings. The summed E-state index contributed by atoms with van der Waals surface area (Å²) >= 11 is 0.